The Hall–Kier alpha value is -2.95. The van der Waals surface area contributed by atoms with Crippen LogP contribution < -0.4 is 15.9 Å². The molecular formula is C26H19P. The van der Waals surface area contributed by atoms with Gasteiger partial charge in [0.25, 0.3) is 0 Å². The van der Waals surface area contributed by atoms with Gasteiger partial charge in [0.15, 0.2) is 0 Å². The van der Waals surface area contributed by atoms with Gasteiger partial charge in [-0.2, -0.15) is 0 Å². The van der Waals surface area contributed by atoms with Crippen LogP contribution in [0.15, 0.2) is 115 Å². The van der Waals surface area contributed by atoms with Gasteiger partial charge in [-0.05, 0) is 57.5 Å². The number of hydrogen-bond acceptors (Lipinski definition) is 0. The van der Waals surface area contributed by atoms with Crippen molar-refractivity contribution in [3.05, 3.63) is 115 Å². The molecule has 0 bridgehead atoms. The first-order chi connectivity index (χ1) is 13.4. The molecule has 0 saturated carbocycles. The lowest BCUT2D eigenvalue weighted by Gasteiger charge is -2.21. The highest BCUT2D eigenvalue weighted by Gasteiger charge is 2.18. The van der Waals surface area contributed by atoms with E-state index < -0.39 is 7.92 Å². The Labute approximate surface area is 160 Å². The van der Waals surface area contributed by atoms with Gasteiger partial charge in [-0.15, -0.1) is 0 Å². The summed E-state index contributed by atoms with van der Waals surface area (Å²) in [4.78, 5) is 0. The maximum atomic E-state index is 2.36. The van der Waals surface area contributed by atoms with Crippen molar-refractivity contribution in [2.45, 2.75) is 0 Å². The van der Waals surface area contributed by atoms with Gasteiger partial charge in [0.05, 0.1) is 0 Å². The van der Waals surface area contributed by atoms with Gasteiger partial charge in [0, 0.05) is 0 Å². The van der Waals surface area contributed by atoms with Crippen LogP contribution in [0.5, 0.6) is 0 Å². The summed E-state index contributed by atoms with van der Waals surface area (Å²) in [6, 6.07) is 41.9. The topological polar surface area (TPSA) is 0 Å². The summed E-state index contributed by atoms with van der Waals surface area (Å²) in [5.74, 6) is 0. The van der Waals surface area contributed by atoms with Crippen molar-refractivity contribution in [1.29, 1.82) is 0 Å². The largest absolute Gasteiger partial charge is 0.0622 e. The SMILES string of the molecule is c1ccc(P(c2ccccc2)c2cccc3cc4ccccc4cc23)cc1. The molecule has 5 rings (SSSR count). The lowest BCUT2D eigenvalue weighted by Crippen LogP contribution is -2.21. The third-order valence-corrected chi connectivity index (χ3v) is 7.49. The zero-order chi connectivity index (χ0) is 18.1. The minimum Gasteiger partial charge on any atom is -0.0622 e. The Kier molecular flexibility index (Phi) is 4.20. The molecule has 0 saturated heterocycles. The van der Waals surface area contributed by atoms with E-state index in [0.29, 0.717) is 0 Å². The predicted octanol–water partition coefficient (Wildman–Crippen LogP) is 5.75. The summed E-state index contributed by atoms with van der Waals surface area (Å²) in [5, 5.41) is 9.46. The lowest BCUT2D eigenvalue weighted by atomic mass is 10.0. The first kappa shape index (κ1) is 16.2. The molecule has 0 unspecified atom stereocenters. The van der Waals surface area contributed by atoms with Crippen molar-refractivity contribution >= 4 is 45.4 Å². The fourth-order valence-corrected chi connectivity index (χ4v) is 6.19. The van der Waals surface area contributed by atoms with E-state index in [1.807, 2.05) is 0 Å². The van der Waals surface area contributed by atoms with Gasteiger partial charge in [-0.25, -0.2) is 0 Å². The van der Waals surface area contributed by atoms with Gasteiger partial charge in [-0.3, -0.25) is 0 Å². The number of hydrogen-bond donors (Lipinski definition) is 0. The van der Waals surface area contributed by atoms with E-state index in [-0.39, 0.29) is 0 Å². The molecule has 0 N–H and O–H groups in total. The van der Waals surface area contributed by atoms with Crippen molar-refractivity contribution in [2.24, 2.45) is 0 Å². The van der Waals surface area contributed by atoms with E-state index >= 15 is 0 Å². The molecule has 0 heterocycles. The van der Waals surface area contributed by atoms with Gasteiger partial charge >= 0.3 is 0 Å². The molecule has 0 spiro atoms. The quantitative estimate of drug-likeness (QED) is 0.283. The van der Waals surface area contributed by atoms with E-state index in [2.05, 4.69) is 115 Å². The highest BCUT2D eigenvalue weighted by atomic mass is 31.1. The molecule has 27 heavy (non-hydrogen) atoms. The smallest absolute Gasteiger partial charge is 0.00724 e. The third-order valence-electron chi connectivity index (χ3n) is 4.99. The molecule has 0 nitrogen and oxygen atoms in total. The molecule has 0 aliphatic carbocycles. The molecule has 0 atom stereocenters. The van der Waals surface area contributed by atoms with Crippen LogP contribution in [-0.2, 0) is 0 Å². The fourth-order valence-electron chi connectivity index (χ4n) is 3.73. The number of fused-ring (bicyclic) bond motifs is 2. The summed E-state index contributed by atoms with van der Waals surface area (Å²) in [7, 11) is -0.601. The van der Waals surface area contributed by atoms with Crippen molar-refractivity contribution in [2.75, 3.05) is 0 Å². The maximum absolute atomic E-state index is 2.36. The molecule has 128 valence electrons. The maximum Gasteiger partial charge on any atom is -0.00724 e. The predicted molar refractivity (Wildman–Crippen MR) is 120 cm³/mol. The van der Waals surface area contributed by atoms with E-state index in [1.54, 1.807) is 0 Å². The summed E-state index contributed by atoms with van der Waals surface area (Å²) in [5.41, 5.74) is 0. The molecule has 0 aliphatic rings. The molecule has 1 heteroatoms. The first-order valence-electron chi connectivity index (χ1n) is 9.22. The minimum atomic E-state index is -0.601. The highest BCUT2D eigenvalue weighted by Crippen LogP contribution is 2.36. The zero-order valence-corrected chi connectivity index (χ0v) is 15.8. The second-order valence-electron chi connectivity index (χ2n) is 6.70. The van der Waals surface area contributed by atoms with Crippen LogP contribution in [0, 0.1) is 0 Å². The van der Waals surface area contributed by atoms with Crippen LogP contribution >= 0.6 is 7.92 Å². The normalized spacial score (nSPS) is 11.3. The van der Waals surface area contributed by atoms with E-state index in [4.69, 9.17) is 0 Å². The molecule has 0 fully saturated rings. The highest BCUT2D eigenvalue weighted by molar-refractivity contribution is 7.80. The Morgan fingerprint density at radius 1 is 0.407 bits per heavy atom. The standard InChI is InChI=1S/C26H19P/c1-3-13-23(14-4-1)27(24-15-5-2-6-16-24)26-17-9-12-22-18-20-10-7-8-11-21(20)19-25(22)26/h1-19H. The van der Waals surface area contributed by atoms with E-state index in [0.717, 1.165) is 0 Å². The van der Waals surface area contributed by atoms with Gasteiger partial charge in [0.2, 0.25) is 0 Å². The summed E-state index contributed by atoms with van der Waals surface area (Å²) < 4.78 is 0. The molecule has 5 aromatic rings. The average molecular weight is 362 g/mol. The Bertz CT molecular complexity index is 1170. The Morgan fingerprint density at radius 3 is 1.56 bits per heavy atom. The second-order valence-corrected chi connectivity index (χ2v) is 8.89. The van der Waals surface area contributed by atoms with Gasteiger partial charge in [0.1, 0.15) is 0 Å². The van der Waals surface area contributed by atoms with Crippen LogP contribution in [0.2, 0.25) is 0 Å². The monoisotopic (exact) mass is 362 g/mol. The first-order valence-corrected chi connectivity index (χ1v) is 10.6. The summed E-state index contributed by atoms with van der Waals surface area (Å²) >= 11 is 0. The average Bonchev–Trinajstić information content (AvgIpc) is 2.74. The fraction of sp³-hybridized carbons (Fsp3) is 0. The van der Waals surface area contributed by atoms with Crippen molar-refractivity contribution in [3.8, 4) is 0 Å². The Morgan fingerprint density at radius 2 is 0.926 bits per heavy atom. The van der Waals surface area contributed by atoms with E-state index in [9.17, 15) is 0 Å². The van der Waals surface area contributed by atoms with Crippen LogP contribution in [-0.4, -0.2) is 0 Å². The van der Waals surface area contributed by atoms with Crippen LogP contribution in [0.4, 0.5) is 0 Å². The third kappa shape index (κ3) is 3.03. The van der Waals surface area contributed by atoms with Crippen molar-refractivity contribution in [1.82, 2.24) is 0 Å². The van der Waals surface area contributed by atoms with Gasteiger partial charge in [-0.1, -0.05) is 103 Å². The molecule has 5 aromatic carbocycles. The zero-order valence-electron chi connectivity index (χ0n) is 14.9. The summed E-state index contributed by atoms with van der Waals surface area (Å²) in [6.45, 7) is 0. The molecule has 0 amide bonds. The molecule has 0 aliphatic heterocycles. The number of benzene rings is 5. The van der Waals surface area contributed by atoms with Crippen LogP contribution in [0.3, 0.4) is 0 Å². The van der Waals surface area contributed by atoms with E-state index in [1.165, 1.54) is 37.5 Å². The van der Waals surface area contributed by atoms with Crippen molar-refractivity contribution < 1.29 is 0 Å². The second kappa shape index (κ2) is 6.99. The van der Waals surface area contributed by atoms with Crippen molar-refractivity contribution in [3.63, 3.8) is 0 Å². The van der Waals surface area contributed by atoms with Crippen LogP contribution in [0.25, 0.3) is 21.5 Å². The number of rotatable bonds is 3. The minimum absolute atomic E-state index is 0.601. The van der Waals surface area contributed by atoms with Crippen LogP contribution in [0.1, 0.15) is 0 Å². The molecule has 0 aromatic heterocycles. The molecule has 0 radical (unpaired) electrons. The Balaban J connectivity index is 1.81. The molecular weight excluding hydrogens is 343 g/mol. The lowest BCUT2D eigenvalue weighted by molar-refractivity contribution is 1.75. The van der Waals surface area contributed by atoms with Gasteiger partial charge < -0.3 is 0 Å². The summed E-state index contributed by atoms with van der Waals surface area (Å²) in [6.07, 6.45) is 0.